The zero-order valence-electron chi connectivity index (χ0n) is 14.2. The normalized spacial score (nSPS) is 21.5. The molecule has 0 bridgehead atoms. The molecule has 1 unspecified atom stereocenters. The molecule has 2 aliphatic heterocycles. The molecule has 0 saturated carbocycles. The van der Waals surface area contributed by atoms with E-state index in [9.17, 15) is 12.8 Å². The van der Waals surface area contributed by atoms with Gasteiger partial charge in [0.05, 0.1) is 6.04 Å². The Morgan fingerprint density at radius 3 is 2.77 bits per heavy atom. The van der Waals surface area contributed by atoms with Gasteiger partial charge in [0.1, 0.15) is 16.5 Å². The minimum atomic E-state index is -3.98. The average molecular weight is 399 g/mol. The van der Waals surface area contributed by atoms with Crippen molar-refractivity contribution in [3.8, 4) is 0 Å². The molecule has 3 heterocycles. The minimum absolute atomic E-state index is 0.169. The minimum Gasteiger partial charge on any atom is -0.314 e. The van der Waals surface area contributed by atoms with Gasteiger partial charge in [0.2, 0.25) is 10.0 Å². The highest BCUT2D eigenvalue weighted by molar-refractivity contribution is 7.89. The Morgan fingerprint density at radius 1 is 1.12 bits per heavy atom. The quantitative estimate of drug-likeness (QED) is 0.795. The number of aryl methyl sites for hydroxylation is 1. The van der Waals surface area contributed by atoms with Crippen molar-refractivity contribution in [3.05, 3.63) is 40.7 Å². The van der Waals surface area contributed by atoms with Crippen LogP contribution in [0.25, 0.3) is 0 Å². The highest BCUT2D eigenvalue weighted by Crippen LogP contribution is 2.37. The van der Waals surface area contributed by atoms with Crippen LogP contribution in [0.5, 0.6) is 0 Å². The molecule has 0 radical (unpaired) electrons. The van der Waals surface area contributed by atoms with Crippen LogP contribution in [-0.2, 0) is 23.0 Å². The van der Waals surface area contributed by atoms with E-state index in [0.29, 0.717) is 25.2 Å². The lowest BCUT2D eigenvalue weighted by Crippen LogP contribution is -2.32. The van der Waals surface area contributed by atoms with Gasteiger partial charge in [-0.05, 0) is 43.9 Å². The summed E-state index contributed by atoms with van der Waals surface area (Å²) in [7, 11) is -3.98. The number of nitrogens with zero attached hydrogens (tertiary/aromatic N) is 4. The number of hydrogen-bond donors (Lipinski definition) is 0. The Bertz CT molecular complexity index is 931. The fraction of sp³-hybridized carbons (Fsp3) is 0.529. The number of rotatable bonds is 3. The molecule has 9 heteroatoms. The van der Waals surface area contributed by atoms with Gasteiger partial charge in [-0.3, -0.25) is 0 Å². The summed E-state index contributed by atoms with van der Waals surface area (Å²) in [5.41, 5.74) is 0. The lowest BCUT2D eigenvalue weighted by molar-refractivity contribution is 0.368. The van der Waals surface area contributed by atoms with E-state index in [4.69, 9.17) is 11.6 Å². The predicted molar refractivity (Wildman–Crippen MR) is 94.9 cm³/mol. The Morgan fingerprint density at radius 2 is 1.96 bits per heavy atom. The van der Waals surface area contributed by atoms with Crippen LogP contribution in [0.1, 0.15) is 49.8 Å². The average Bonchev–Trinajstić information content (AvgIpc) is 3.16. The molecule has 140 valence electrons. The molecule has 2 aliphatic rings. The Balaban J connectivity index is 1.72. The van der Waals surface area contributed by atoms with Crippen LogP contribution in [0.2, 0.25) is 5.02 Å². The summed E-state index contributed by atoms with van der Waals surface area (Å²) in [4.78, 5) is -0.343. The van der Waals surface area contributed by atoms with Crippen LogP contribution in [0.4, 0.5) is 4.39 Å². The second kappa shape index (κ2) is 6.90. The first-order valence-corrected chi connectivity index (χ1v) is 10.7. The van der Waals surface area contributed by atoms with Crippen molar-refractivity contribution in [2.24, 2.45) is 0 Å². The summed E-state index contributed by atoms with van der Waals surface area (Å²) in [6.07, 6.45) is 5.46. The van der Waals surface area contributed by atoms with E-state index < -0.39 is 21.9 Å². The molecule has 1 atom stereocenters. The van der Waals surface area contributed by atoms with Crippen molar-refractivity contribution in [3.63, 3.8) is 0 Å². The maximum Gasteiger partial charge on any atom is 0.246 e. The largest absolute Gasteiger partial charge is 0.314 e. The summed E-state index contributed by atoms with van der Waals surface area (Å²) >= 11 is 5.76. The first-order chi connectivity index (χ1) is 12.5. The van der Waals surface area contributed by atoms with E-state index in [1.54, 1.807) is 0 Å². The van der Waals surface area contributed by atoms with Crippen molar-refractivity contribution in [2.75, 3.05) is 6.54 Å². The lowest BCUT2D eigenvalue weighted by atomic mass is 10.2. The van der Waals surface area contributed by atoms with E-state index in [-0.39, 0.29) is 9.92 Å². The molecule has 1 aromatic carbocycles. The van der Waals surface area contributed by atoms with E-state index in [1.807, 2.05) is 0 Å². The molecule has 26 heavy (non-hydrogen) atoms. The molecule has 0 amide bonds. The van der Waals surface area contributed by atoms with Crippen LogP contribution in [0, 0.1) is 5.82 Å². The SMILES string of the molecule is O=S(=O)(c1ccc(Cl)cc1F)N1CCCC1c1nnc2n1CCCCC2. The van der Waals surface area contributed by atoms with Crippen LogP contribution >= 0.6 is 11.6 Å². The number of benzene rings is 1. The summed E-state index contributed by atoms with van der Waals surface area (Å²) in [5.74, 6) is 0.764. The van der Waals surface area contributed by atoms with Gasteiger partial charge < -0.3 is 4.57 Å². The van der Waals surface area contributed by atoms with Crippen molar-refractivity contribution >= 4 is 21.6 Å². The Hall–Kier alpha value is -1.51. The summed E-state index contributed by atoms with van der Waals surface area (Å²) in [6.45, 7) is 1.15. The van der Waals surface area contributed by atoms with Gasteiger partial charge in [-0.25, -0.2) is 12.8 Å². The fourth-order valence-corrected chi connectivity index (χ4v) is 5.71. The van der Waals surface area contributed by atoms with Gasteiger partial charge in [-0.2, -0.15) is 4.31 Å². The highest BCUT2D eigenvalue weighted by atomic mass is 35.5. The van der Waals surface area contributed by atoms with Gasteiger partial charge in [0.25, 0.3) is 0 Å². The first kappa shape index (κ1) is 17.9. The highest BCUT2D eigenvalue weighted by Gasteiger charge is 2.40. The number of fused-ring (bicyclic) bond motifs is 1. The van der Waals surface area contributed by atoms with Crippen molar-refractivity contribution in [1.82, 2.24) is 19.1 Å². The van der Waals surface area contributed by atoms with Crippen LogP contribution in [0.3, 0.4) is 0 Å². The molecule has 1 fully saturated rings. The van der Waals surface area contributed by atoms with Gasteiger partial charge in [-0.1, -0.05) is 18.0 Å². The standard InChI is InChI=1S/C17H20ClFN4O2S/c18-12-7-8-15(13(19)11-12)26(24,25)23-10-4-5-14(23)17-21-20-16-6-2-1-3-9-22(16)17/h7-8,11,14H,1-6,9-10H2. The summed E-state index contributed by atoms with van der Waals surface area (Å²) in [5, 5.41) is 8.76. The molecule has 0 spiro atoms. The topological polar surface area (TPSA) is 68.1 Å². The predicted octanol–water partition coefficient (Wildman–Crippen LogP) is 3.32. The summed E-state index contributed by atoms with van der Waals surface area (Å²) in [6, 6.07) is 3.25. The zero-order valence-corrected chi connectivity index (χ0v) is 15.8. The number of halogens is 2. The number of sulfonamides is 1. The van der Waals surface area contributed by atoms with Crippen molar-refractivity contribution < 1.29 is 12.8 Å². The monoisotopic (exact) mass is 398 g/mol. The maximum atomic E-state index is 14.3. The molecule has 4 rings (SSSR count). The molecular formula is C17H20ClFN4O2S. The Kier molecular flexibility index (Phi) is 4.75. The van der Waals surface area contributed by atoms with E-state index in [2.05, 4.69) is 14.8 Å². The van der Waals surface area contributed by atoms with Crippen molar-refractivity contribution in [1.29, 1.82) is 0 Å². The molecule has 0 aliphatic carbocycles. The van der Waals surface area contributed by atoms with Crippen molar-refractivity contribution in [2.45, 2.75) is 56.0 Å². The second-order valence-electron chi connectivity index (χ2n) is 6.79. The van der Waals surface area contributed by atoms with E-state index >= 15 is 0 Å². The van der Waals surface area contributed by atoms with Gasteiger partial charge in [-0.15, -0.1) is 10.2 Å². The number of aromatic nitrogens is 3. The van der Waals surface area contributed by atoms with Crippen LogP contribution < -0.4 is 0 Å². The molecule has 6 nitrogen and oxygen atoms in total. The molecule has 1 saturated heterocycles. The zero-order chi connectivity index (χ0) is 18.3. The van der Waals surface area contributed by atoms with Gasteiger partial charge in [0.15, 0.2) is 5.82 Å². The second-order valence-corrected chi connectivity index (χ2v) is 9.08. The Labute approximate surface area is 157 Å². The fourth-order valence-electron chi connectivity index (χ4n) is 3.85. The first-order valence-electron chi connectivity index (χ1n) is 8.87. The third-order valence-electron chi connectivity index (χ3n) is 5.12. The number of hydrogen-bond acceptors (Lipinski definition) is 4. The summed E-state index contributed by atoms with van der Waals surface area (Å²) < 4.78 is 43.9. The van der Waals surface area contributed by atoms with Crippen LogP contribution in [0.15, 0.2) is 23.1 Å². The third-order valence-corrected chi connectivity index (χ3v) is 7.30. The smallest absolute Gasteiger partial charge is 0.246 e. The molecule has 0 N–H and O–H groups in total. The van der Waals surface area contributed by atoms with Gasteiger partial charge in [0, 0.05) is 24.5 Å². The van der Waals surface area contributed by atoms with Crippen LogP contribution in [-0.4, -0.2) is 34.0 Å². The molecule has 1 aromatic heterocycles. The lowest BCUT2D eigenvalue weighted by Gasteiger charge is -2.24. The maximum absolute atomic E-state index is 14.3. The molecular weight excluding hydrogens is 379 g/mol. The van der Waals surface area contributed by atoms with Gasteiger partial charge >= 0.3 is 0 Å². The van der Waals surface area contributed by atoms with E-state index in [1.165, 1.54) is 16.4 Å². The third kappa shape index (κ3) is 3.04. The van der Waals surface area contributed by atoms with E-state index in [0.717, 1.165) is 44.1 Å². The molecule has 2 aromatic rings.